The van der Waals surface area contributed by atoms with Crippen LogP contribution in [0, 0.1) is 22.7 Å². The van der Waals surface area contributed by atoms with Crippen molar-refractivity contribution < 1.29 is 14.7 Å². The highest BCUT2D eigenvalue weighted by Crippen LogP contribution is 2.42. The van der Waals surface area contributed by atoms with Crippen molar-refractivity contribution in [2.75, 3.05) is 0 Å². The van der Waals surface area contributed by atoms with Crippen molar-refractivity contribution in [2.24, 2.45) is 22.7 Å². The molecule has 3 unspecified atom stereocenters. The molecule has 0 fully saturated rings. The largest absolute Gasteiger partial charge is 0.389 e. The summed E-state index contributed by atoms with van der Waals surface area (Å²) in [7, 11) is 0. The van der Waals surface area contributed by atoms with E-state index in [2.05, 4.69) is 46.8 Å². The van der Waals surface area contributed by atoms with Crippen LogP contribution in [0.2, 0.25) is 0 Å². The minimum atomic E-state index is -0.345. The molecular weight excluding hydrogens is 360 g/mol. The third-order valence-electron chi connectivity index (χ3n) is 6.16. The quantitative estimate of drug-likeness (QED) is 0.465. The van der Waals surface area contributed by atoms with E-state index in [0.717, 1.165) is 12.0 Å². The van der Waals surface area contributed by atoms with E-state index in [1.54, 1.807) is 26.0 Å². The maximum atomic E-state index is 10.9. The number of hydrogen-bond donors (Lipinski definition) is 1. The van der Waals surface area contributed by atoms with Gasteiger partial charge in [-0.1, -0.05) is 63.1 Å². The summed E-state index contributed by atoms with van der Waals surface area (Å²) in [6, 6.07) is 0. The Kier molecular flexibility index (Phi) is 9.02. The predicted octanol–water partition coefficient (Wildman–Crippen LogP) is 6.00. The third kappa shape index (κ3) is 7.89. The fourth-order valence-electron chi connectivity index (χ4n) is 4.61. The number of carbonyl (C=O) groups is 2. The van der Waals surface area contributed by atoms with E-state index in [4.69, 9.17) is 0 Å². The number of allylic oxidation sites excluding steroid dienone is 7. The molecule has 2 aliphatic rings. The van der Waals surface area contributed by atoms with E-state index in [1.807, 2.05) is 19.1 Å². The highest BCUT2D eigenvalue weighted by atomic mass is 16.3. The Balaban J connectivity index is 0.000000291. The Morgan fingerprint density at radius 1 is 0.931 bits per heavy atom. The van der Waals surface area contributed by atoms with Gasteiger partial charge in [0.25, 0.3) is 0 Å². The van der Waals surface area contributed by atoms with E-state index in [1.165, 1.54) is 18.4 Å². The normalized spacial score (nSPS) is 28.4. The molecule has 2 rings (SSSR count). The topological polar surface area (TPSA) is 54.4 Å². The van der Waals surface area contributed by atoms with Gasteiger partial charge in [0.15, 0.2) is 11.6 Å². The third-order valence-corrected chi connectivity index (χ3v) is 6.16. The maximum Gasteiger partial charge on any atom is 0.152 e. The Morgan fingerprint density at radius 3 is 1.83 bits per heavy atom. The summed E-state index contributed by atoms with van der Waals surface area (Å²) in [4.78, 5) is 21.8. The van der Waals surface area contributed by atoms with Crippen LogP contribution in [0.15, 0.2) is 47.6 Å². The smallest absolute Gasteiger partial charge is 0.152 e. The van der Waals surface area contributed by atoms with Crippen molar-refractivity contribution >= 4 is 11.6 Å². The van der Waals surface area contributed by atoms with Gasteiger partial charge in [-0.25, -0.2) is 0 Å². The molecule has 0 saturated heterocycles. The summed E-state index contributed by atoms with van der Waals surface area (Å²) < 4.78 is 0. The average molecular weight is 401 g/mol. The Bertz CT molecular complexity index is 716. The van der Waals surface area contributed by atoms with Crippen LogP contribution in [0.1, 0.15) is 74.7 Å². The van der Waals surface area contributed by atoms with Gasteiger partial charge in [-0.05, 0) is 69.9 Å². The molecule has 3 heteroatoms. The molecule has 0 aromatic heterocycles. The van der Waals surface area contributed by atoms with Crippen LogP contribution in [0.3, 0.4) is 0 Å². The molecule has 0 spiro atoms. The number of hydrogen-bond acceptors (Lipinski definition) is 3. The first-order chi connectivity index (χ1) is 13.3. The van der Waals surface area contributed by atoms with E-state index < -0.39 is 0 Å². The molecule has 162 valence electrons. The standard InChI is InChI=1S/C13H20O2.C13H20O/c1-9-7-11(15)8-13(3,4)12(9)6-5-10(2)14;1-10-6-5-9-13(3,4)12(10)8-7-11(2)14/h5-7,11-12,15H,8H2,1-4H3;6-8,12H,5,9H2,1-4H3/b6-5+;8-7+. The summed E-state index contributed by atoms with van der Waals surface area (Å²) in [6.45, 7) is 16.1. The second-order valence-electron chi connectivity index (χ2n) is 10.0. The number of carbonyl (C=O) groups excluding carboxylic acids is 2. The van der Waals surface area contributed by atoms with Crippen LogP contribution in [-0.2, 0) is 9.59 Å². The van der Waals surface area contributed by atoms with Crippen molar-refractivity contribution in [3.63, 3.8) is 0 Å². The van der Waals surface area contributed by atoms with Gasteiger partial charge < -0.3 is 5.11 Å². The molecule has 0 amide bonds. The molecule has 1 N–H and O–H groups in total. The lowest BCUT2D eigenvalue weighted by Gasteiger charge is -2.38. The van der Waals surface area contributed by atoms with E-state index in [-0.39, 0.29) is 29.0 Å². The first kappa shape index (κ1) is 25.3. The molecule has 0 heterocycles. The van der Waals surface area contributed by atoms with Crippen molar-refractivity contribution in [2.45, 2.75) is 80.8 Å². The van der Waals surface area contributed by atoms with Crippen molar-refractivity contribution in [1.29, 1.82) is 0 Å². The molecule has 0 bridgehead atoms. The maximum absolute atomic E-state index is 10.9. The van der Waals surface area contributed by atoms with Gasteiger partial charge in [-0.15, -0.1) is 0 Å². The lowest BCUT2D eigenvalue weighted by molar-refractivity contribution is -0.113. The zero-order valence-corrected chi connectivity index (χ0v) is 19.6. The fourth-order valence-corrected chi connectivity index (χ4v) is 4.61. The zero-order valence-electron chi connectivity index (χ0n) is 19.6. The second-order valence-corrected chi connectivity index (χ2v) is 10.0. The molecule has 29 heavy (non-hydrogen) atoms. The second kappa shape index (κ2) is 10.3. The number of rotatable bonds is 4. The molecule has 0 aromatic carbocycles. The van der Waals surface area contributed by atoms with Crippen LogP contribution in [0.25, 0.3) is 0 Å². The van der Waals surface area contributed by atoms with Gasteiger partial charge in [-0.2, -0.15) is 0 Å². The first-order valence-corrected chi connectivity index (χ1v) is 10.7. The van der Waals surface area contributed by atoms with E-state index in [9.17, 15) is 14.7 Å². The summed E-state index contributed by atoms with van der Waals surface area (Å²) in [5.74, 6) is 0.897. The Hall–Kier alpha value is -1.74. The van der Waals surface area contributed by atoms with Crippen molar-refractivity contribution in [1.82, 2.24) is 0 Å². The van der Waals surface area contributed by atoms with Gasteiger partial charge >= 0.3 is 0 Å². The lowest BCUT2D eigenvalue weighted by Crippen LogP contribution is -2.32. The lowest BCUT2D eigenvalue weighted by atomic mass is 9.68. The Labute approximate surface area is 177 Å². The van der Waals surface area contributed by atoms with Crippen LogP contribution in [0.5, 0.6) is 0 Å². The number of aliphatic hydroxyl groups is 1. The molecule has 3 atom stereocenters. The van der Waals surface area contributed by atoms with Crippen molar-refractivity contribution in [3.8, 4) is 0 Å². The number of aliphatic hydroxyl groups excluding tert-OH is 1. The van der Waals surface area contributed by atoms with Crippen LogP contribution in [-0.4, -0.2) is 22.8 Å². The highest BCUT2D eigenvalue weighted by Gasteiger charge is 2.34. The summed E-state index contributed by atoms with van der Waals surface area (Å²) in [5.41, 5.74) is 2.87. The van der Waals surface area contributed by atoms with Crippen LogP contribution in [0.4, 0.5) is 0 Å². The monoisotopic (exact) mass is 400 g/mol. The molecule has 0 aliphatic heterocycles. The minimum absolute atomic E-state index is 0.0181. The summed E-state index contributed by atoms with van der Waals surface area (Å²) in [6.07, 6.45) is 14.3. The summed E-state index contributed by atoms with van der Waals surface area (Å²) >= 11 is 0. The van der Waals surface area contributed by atoms with E-state index >= 15 is 0 Å². The molecule has 3 nitrogen and oxygen atoms in total. The SMILES string of the molecule is CC(=O)/C=C/C1C(C)=CC(O)CC1(C)C.CC(=O)/C=C/C1C(C)=CCCC1(C)C. The molecular formula is C26H40O3. The van der Waals surface area contributed by atoms with E-state index in [0.29, 0.717) is 11.3 Å². The first-order valence-electron chi connectivity index (χ1n) is 10.7. The average Bonchev–Trinajstić information content (AvgIpc) is 2.51. The highest BCUT2D eigenvalue weighted by molar-refractivity contribution is 5.87. The fraction of sp³-hybridized carbons (Fsp3) is 0.615. The van der Waals surface area contributed by atoms with Crippen LogP contribution >= 0.6 is 0 Å². The van der Waals surface area contributed by atoms with Crippen molar-refractivity contribution in [3.05, 3.63) is 47.6 Å². The van der Waals surface area contributed by atoms with Gasteiger partial charge in [0.05, 0.1) is 6.10 Å². The van der Waals surface area contributed by atoms with Gasteiger partial charge in [0, 0.05) is 11.8 Å². The van der Waals surface area contributed by atoms with Crippen LogP contribution < -0.4 is 0 Å². The molecule has 0 aromatic rings. The zero-order chi connectivity index (χ0) is 22.4. The van der Waals surface area contributed by atoms with Gasteiger partial charge in [-0.3, -0.25) is 9.59 Å². The minimum Gasteiger partial charge on any atom is -0.389 e. The molecule has 0 saturated carbocycles. The number of ketones is 2. The summed E-state index contributed by atoms with van der Waals surface area (Å²) in [5, 5.41) is 9.64. The molecule has 0 radical (unpaired) electrons. The van der Waals surface area contributed by atoms with Gasteiger partial charge in [0.2, 0.25) is 0 Å². The van der Waals surface area contributed by atoms with Gasteiger partial charge in [0.1, 0.15) is 0 Å². The Morgan fingerprint density at radius 2 is 1.41 bits per heavy atom. The molecule has 2 aliphatic carbocycles. The predicted molar refractivity (Wildman–Crippen MR) is 122 cm³/mol.